The molecule has 0 N–H and O–H groups in total. The molecular formula is C9H12N4. The molecule has 0 fully saturated rings. The second kappa shape index (κ2) is 3.05. The Morgan fingerprint density at radius 3 is 1.77 bits per heavy atom. The summed E-state index contributed by atoms with van der Waals surface area (Å²) in [4.78, 5) is 0. The molecule has 0 saturated heterocycles. The van der Waals surface area contributed by atoms with Crippen LogP contribution in [0.25, 0.3) is 0 Å². The SMILES string of the molecule is Cn1nccc1Cc1ccnn1C. The third-order valence-corrected chi connectivity index (χ3v) is 2.21. The second-order valence-electron chi connectivity index (χ2n) is 3.07. The fourth-order valence-corrected chi connectivity index (χ4v) is 1.34. The van der Waals surface area contributed by atoms with Crippen LogP contribution in [0.15, 0.2) is 24.5 Å². The van der Waals surface area contributed by atoms with E-state index in [0.29, 0.717) is 0 Å². The largest absolute Gasteiger partial charge is 0.272 e. The van der Waals surface area contributed by atoms with Gasteiger partial charge in [0.1, 0.15) is 0 Å². The van der Waals surface area contributed by atoms with E-state index >= 15 is 0 Å². The first-order valence-corrected chi connectivity index (χ1v) is 4.21. The second-order valence-corrected chi connectivity index (χ2v) is 3.07. The molecule has 4 nitrogen and oxygen atoms in total. The molecule has 2 aromatic heterocycles. The average Bonchev–Trinajstić information content (AvgIpc) is 2.65. The smallest absolute Gasteiger partial charge is 0.0492 e. The van der Waals surface area contributed by atoms with Crippen LogP contribution >= 0.6 is 0 Å². The number of hydrogen-bond acceptors (Lipinski definition) is 2. The summed E-state index contributed by atoms with van der Waals surface area (Å²) in [7, 11) is 3.90. The predicted molar refractivity (Wildman–Crippen MR) is 49.2 cm³/mol. The molecule has 0 saturated carbocycles. The Morgan fingerprint density at radius 1 is 1.00 bits per heavy atom. The fourth-order valence-electron chi connectivity index (χ4n) is 1.34. The number of aryl methyl sites for hydroxylation is 2. The molecule has 0 spiro atoms. The highest BCUT2D eigenvalue weighted by atomic mass is 15.3. The van der Waals surface area contributed by atoms with Gasteiger partial charge < -0.3 is 0 Å². The van der Waals surface area contributed by atoms with E-state index in [4.69, 9.17) is 0 Å². The first-order chi connectivity index (χ1) is 6.27. The molecule has 2 heterocycles. The van der Waals surface area contributed by atoms with E-state index in [1.807, 2.05) is 48.0 Å². The molecule has 0 radical (unpaired) electrons. The molecule has 0 amide bonds. The minimum absolute atomic E-state index is 0.882. The lowest BCUT2D eigenvalue weighted by Crippen LogP contribution is -2.03. The van der Waals surface area contributed by atoms with Gasteiger partial charge in [-0.15, -0.1) is 0 Å². The molecule has 68 valence electrons. The maximum atomic E-state index is 4.11. The number of rotatable bonds is 2. The molecule has 13 heavy (non-hydrogen) atoms. The summed E-state index contributed by atoms with van der Waals surface area (Å²) in [5.41, 5.74) is 2.40. The third-order valence-electron chi connectivity index (χ3n) is 2.21. The monoisotopic (exact) mass is 176 g/mol. The topological polar surface area (TPSA) is 35.6 Å². The molecule has 0 unspecified atom stereocenters. The van der Waals surface area contributed by atoms with Crippen LogP contribution in [0, 0.1) is 0 Å². The van der Waals surface area contributed by atoms with Crippen molar-refractivity contribution in [3.63, 3.8) is 0 Å². The highest BCUT2D eigenvalue weighted by Gasteiger charge is 2.03. The summed E-state index contributed by atoms with van der Waals surface area (Å²) in [5.74, 6) is 0. The number of aromatic nitrogens is 4. The first kappa shape index (κ1) is 8.04. The van der Waals surface area contributed by atoms with Crippen molar-refractivity contribution in [1.82, 2.24) is 19.6 Å². The van der Waals surface area contributed by atoms with Crippen LogP contribution in [-0.4, -0.2) is 19.6 Å². The maximum Gasteiger partial charge on any atom is 0.0492 e. The van der Waals surface area contributed by atoms with Crippen LogP contribution in [0.2, 0.25) is 0 Å². The summed E-state index contributed by atoms with van der Waals surface area (Å²) < 4.78 is 3.76. The van der Waals surface area contributed by atoms with Crippen molar-refractivity contribution >= 4 is 0 Å². The van der Waals surface area contributed by atoms with Gasteiger partial charge in [-0.1, -0.05) is 0 Å². The van der Waals surface area contributed by atoms with Gasteiger partial charge in [0.05, 0.1) is 0 Å². The molecule has 0 aliphatic heterocycles. The van der Waals surface area contributed by atoms with Crippen LogP contribution in [0.5, 0.6) is 0 Å². The lowest BCUT2D eigenvalue weighted by molar-refractivity contribution is 0.685. The Hall–Kier alpha value is -1.58. The van der Waals surface area contributed by atoms with E-state index < -0.39 is 0 Å². The van der Waals surface area contributed by atoms with Crippen molar-refractivity contribution < 1.29 is 0 Å². The van der Waals surface area contributed by atoms with Crippen LogP contribution < -0.4 is 0 Å². The van der Waals surface area contributed by atoms with Crippen LogP contribution in [0.4, 0.5) is 0 Å². The average molecular weight is 176 g/mol. The Bertz CT molecular complexity index is 361. The Balaban J connectivity index is 2.24. The van der Waals surface area contributed by atoms with Gasteiger partial charge in [-0.3, -0.25) is 9.36 Å². The van der Waals surface area contributed by atoms with Crippen molar-refractivity contribution in [2.75, 3.05) is 0 Å². The molecule has 0 atom stereocenters. The highest BCUT2D eigenvalue weighted by molar-refractivity contribution is 5.12. The Labute approximate surface area is 76.8 Å². The lowest BCUT2D eigenvalue weighted by Gasteiger charge is -2.01. The summed E-state index contributed by atoms with van der Waals surface area (Å²) in [5, 5.41) is 8.23. The molecule has 2 aromatic rings. The normalized spacial score (nSPS) is 10.6. The van der Waals surface area contributed by atoms with E-state index in [9.17, 15) is 0 Å². The first-order valence-electron chi connectivity index (χ1n) is 4.21. The van der Waals surface area contributed by atoms with Gasteiger partial charge in [-0.2, -0.15) is 10.2 Å². The van der Waals surface area contributed by atoms with Gasteiger partial charge in [0.15, 0.2) is 0 Å². The van der Waals surface area contributed by atoms with Crippen molar-refractivity contribution in [3.8, 4) is 0 Å². The van der Waals surface area contributed by atoms with Gasteiger partial charge in [0, 0.05) is 44.3 Å². The van der Waals surface area contributed by atoms with E-state index in [-0.39, 0.29) is 0 Å². The van der Waals surface area contributed by atoms with Crippen molar-refractivity contribution in [1.29, 1.82) is 0 Å². The van der Waals surface area contributed by atoms with Gasteiger partial charge in [0.25, 0.3) is 0 Å². The van der Waals surface area contributed by atoms with E-state index in [0.717, 1.165) is 6.42 Å². The summed E-state index contributed by atoms with van der Waals surface area (Å²) in [6.45, 7) is 0. The molecule has 2 rings (SSSR count). The lowest BCUT2D eigenvalue weighted by atomic mass is 10.2. The van der Waals surface area contributed by atoms with Crippen molar-refractivity contribution in [2.24, 2.45) is 14.1 Å². The van der Waals surface area contributed by atoms with Gasteiger partial charge >= 0.3 is 0 Å². The molecule has 0 aliphatic carbocycles. The standard InChI is InChI=1S/C9H12N4/c1-12-8(3-5-10-12)7-9-4-6-11-13(9)2/h3-6H,7H2,1-2H3. The quantitative estimate of drug-likeness (QED) is 0.676. The van der Waals surface area contributed by atoms with Crippen molar-refractivity contribution in [3.05, 3.63) is 35.9 Å². The van der Waals surface area contributed by atoms with Gasteiger partial charge in [0.2, 0.25) is 0 Å². The van der Waals surface area contributed by atoms with E-state index in [2.05, 4.69) is 10.2 Å². The molecule has 4 heteroatoms. The van der Waals surface area contributed by atoms with Crippen LogP contribution in [0.1, 0.15) is 11.4 Å². The number of nitrogens with zero attached hydrogens (tertiary/aromatic N) is 4. The van der Waals surface area contributed by atoms with E-state index in [1.54, 1.807) is 0 Å². The zero-order valence-electron chi connectivity index (χ0n) is 7.81. The summed E-state index contributed by atoms with van der Waals surface area (Å²) in [6, 6.07) is 4.04. The van der Waals surface area contributed by atoms with E-state index in [1.165, 1.54) is 11.4 Å². The van der Waals surface area contributed by atoms with Gasteiger partial charge in [-0.05, 0) is 12.1 Å². The molecule has 0 bridgehead atoms. The zero-order chi connectivity index (χ0) is 9.26. The Kier molecular flexibility index (Phi) is 1.88. The van der Waals surface area contributed by atoms with Crippen molar-refractivity contribution in [2.45, 2.75) is 6.42 Å². The molecular weight excluding hydrogens is 164 g/mol. The Morgan fingerprint density at radius 2 is 1.46 bits per heavy atom. The van der Waals surface area contributed by atoms with Crippen LogP contribution in [0.3, 0.4) is 0 Å². The predicted octanol–water partition coefficient (Wildman–Crippen LogP) is 0.744. The number of hydrogen-bond donors (Lipinski definition) is 0. The third kappa shape index (κ3) is 1.47. The maximum absolute atomic E-state index is 4.11. The summed E-state index contributed by atoms with van der Waals surface area (Å²) in [6.07, 6.45) is 4.50. The van der Waals surface area contributed by atoms with Crippen LogP contribution in [-0.2, 0) is 20.5 Å². The zero-order valence-corrected chi connectivity index (χ0v) is 7.81. The highest BCUT2D eigenvalue weighted by Crippen LogP contribution is 2.06. The minimum atomic E-state index is 0.882. The van der Waals surface area contributed by atoms with Gasteiger partial charge in [-0.25, -0.2) is 0 Å². The minimum Gasteiger partial charge on any atom is -0.272 e. The fraction of sp³-hybridized carbons (Fsp3) is 0.333. The molecule has 0 aliphatic rings. The molecule has 0 aromatic carbocycles. The summed E-state index contributed by atoms with van der Waals surface area (Å²) >= 11 is 0.